The lowest BCUT2D eigenvalue weighted by Gasteiger charge is -2.11. The number of hydrogen-bond donors (Lipinski definition) is 1. The number of hydrogen-bond acceptors (Lipinski definition) is 3. The van der Waals surface area contributed by atoms with Crippen LogP contribution in [-0.2, 0) is 6.42 Å². The van der Waals surface area contributed by atoms with Crippen molar-refractivity contribution >= 4 is 0 Å². The zero-order valence-corrected chi connectivity index (χ0v) is 9.69. The summed E-state index contributed by atoms with van der Waals surface area (Å²) in [5.41, 5.74) is 6.85. The minimum Gasteiger partial charge on any atom is -0.493 e. The Morgan fingerprint density at radius 2 is 2.19 bits per heavy atom. The van der Waals surface area contributed by atoms with Crippen LogP contribution in [-0.4, -0.2) is 19.8 Å². The summed E-state index contributed by atoms with van der Waals surface area (Å²) in [6.45, 7) is 2.20. The van der Waals surface area contributed by atoms with Gasteiger partial charge in [0, 0.05) is 6.04 Å². The second-order valence-corrected chi connectivity index (χ2v) is 3.66. The third-order valence-electron chi connectivity index (χ3n) is 2.10. The molecule has 1 aromatic rings. The van der Waals surface area contributed by atoms with Crippen molar-refractivity contribution in [2.45, 2.75) is 19.4 Å². The van der Waals surface area contributed by atoms with Crippen LogP contribution in [0.4, 0.5) is 0 Å². The molecule has 86 valence electrons. The van der Waals surface area contributed by atoms with Crippen molar-refractivity contribution in [1.29, 1.82) is 0 Å². The predicted octanol–water partition coefficient (Wildman–Crippen LogP) is 1.60. The molecule has 1 atom stereocenters. The first-order chi connectivity index (χ1) is 7.67. The lowest BCUT2D eigenvalue weighted by molar-refractivity contribution is 0.330. The second-order valence-electron chi connectivity index (χ2n) is 3.66. The van der Waals surface area contributed by atoms with Crippen LogP contribution >= 0.6 is 0 Å². The van der Waals surface area contributed by atoms with E-state index in [0.29, 0.717) is 11.5 Å². The lowest BCUT2D eigenvalue weighted by atomic mass is 10.1. The van der Waals surface area contributed by atoms with E-state index in [1.165, 1.54) is 0 Å². The summed E-state index contributed by atoms with van der Waals surface area (Å²) in [5.74, 6) is 3.77. The molecule has 3 nitrogen and oxygen atoms in total. The third kappa shape index (κ3) is 3.48. The highest BCUT2D eigenvalue weighted by molar-refractivity contribution is 5.43. The molecule has 0 heterocycles. The van der Waals surface area contributed by atoms with Crippen molar-refractivity contribution < 1.29 is 9.47 Å². The Kier molecular flexibility index (Phi) is 4.68. The van der Waals surface area contributed by atoms with E-state index in [4.69, 9.17) is 21.6 Å². The molecule has 0 aliphatic heterocycles. The van der Waals surface area contributed by atoms with Crippen LogP contribution in [0, 0.1) is 12.3 Å². The van der Waals surface area contributed by atoms with Gasteiger partial charge in [-0.25, -0.2) is 0 Å². The normalized spacial score (nSPS) is 11.6. The Morgan fingerprint density at radius 3 is 2.75 bits per heavy atom. The molecule has 0 spiro atoms. The molecule has 0 amide bonds. The van der Waals surface area contributed by atoms with Crippen LogP contribution in [0.3, 0.4) is 0 Å². The Morgan fingerprint density at radius 1 is 1.44 bits per heavy atom. The molecular weight excluding hydrogens is 202 g/mol. The lowest BCUT2D eigenvalue weighted by Crippen LogP contribution is -2.17. The van der Waals surface area contributed by atoms with Crippen LogP contribution in [0.1, 0.15) is 12.5 Å². The molecule has 0 aromatic heterocycles. The van der Waals surface area contributed by atoms with E-state index >= 15 is 0 Å². The van der Waals surface area contributed by atoms with Crippen LogP contribution < -0.4 is 15.2 Å². The summed E-state index contributed by atoms with van der Waals surface area (Å²) >= 11 is 0. The van der Waals surface area contributed by atoms with Crippen molar-refractivity contribution in [2.24, 2.45) is 5.73 Å². The van der Waals surface area contributed by atoms with Gasteiger partial charge >= 0.3 is 0 Å². The molecule has 0 saturated carbocycles. The van der Waals surface area contributed by atoms with E-state index in [2.05, 4.69) is 5.92 Å². The molecule has 3 heteroatoms. The van der Waals surface area contributed by atoms with Gasteiger partial charge in [0.2, 0.25) is 0 Å². The van der Waals surface area contributed by atoms with Crippen LogP contribution in [0.15, 0.2) is 18.2 Å². The largest absolute Gasteiger partial charge is 0.493 e. The zero-order chi connectivity index (χ0) is 12.0. The summed E-state index contributed by atoms with van der Waals surface area (Å²) in [6.07, 6.45) is 5.95. The Bertz CT molecular complexity index is 380. The molecule has 0 fully saturated rings. The summed E-state index contributed by atoms with van der Waals surface area (Å²) < 4.78 is 10.6. The molecule has 0 aliphatic carbocycles. The van der Waals surface area contributed by atoms with Gasteiger partial charge in [0.25, 0.3) is 0 Å². The molecule has 1 rings (SSSR count). The molecule has 0 radical (unpaired) electrons. The first-order valence-corrected chi connectivity index (χ1v) is 5.16. The first kappa shape index (κ1) is 12.4. The first-order valence-electron chi connectivity index (χ1n) is 5.16. The fraction of sp³-hybridized carbons (Fsp3) is 0.385. The average molecular weight is 219 g/mol. The fourth-order valence-electron chi connectivity index (χ4n) is 1.45. The van der Waals surface area contributed by atoms with Gasteiger partial charge in [-0.2, -0.15) is 0 Å². The Hall–Kier alpha value is -1.66. The van der Waals surface area contributed by atoms with E-state index in [-0.39, 0.29) is 12.6 Å². The minimum absolute atomic E-state index is 0.119. The molecule has 0 aliphatic rings. The number of terminal acetylenes is 1. The highest BCUT2D eigenvalue weighted by Gasteiger charge is 2.06. The molecule has 0 saturated heterocycles. The molecule has 16 heavy (non-hydrogen) atoms. The Balaban J connectivity index is 2.88. The topological polar surface area (TPSA) is 44.5 Å². The Labute approximate surface area is 96.6 Å². The smallest absolute Gasteiger partial charge is 0.162 e. The fourth-order valence-corrected chi connectivity index (χ4v) is 1.45. The van der Waals surface area contributed by atoms with Gasteiger partial charge < -0.3 is 15.2 Å². The van der Waals surface area contributed by atoms with Gasteiger partial charge in [0.15, 0.2) is 11.5 Å². The van der Waals surface area contributed by atoms with Gasteiger partial charge in [-0.15, -0.1) is 6.42 Å². The summed E-state index contributed by atoms with van der Waals surface area (Å²) in [7, 11) is 1.60. The standard InChI is InChI=1S/C13H17NO2/c1-4-7-16-13-9-11(8-10(2)14)5-6-12(13)15-3/h1,5-6,9-10H,7-8,14H2,2-3H3. The zero-order valence-electron chi connectivity index (χ0n) is 9.69. The summed E-state index contributed by atoms with van der Waals surface area (Å²) in [6, 6.07) is 5.88. The molecule has 1 unspecified atom stereocenters. The van der Waals surface area contributed by atoms with Gasteiger partial charge in [0.1, 0.15) is 6.61 Å². The molecule has 2 N–H and O–H groups in total. The average Bonchev–Trinajstić information content (AvgIpc) is 2.25. The molecular formula is C13H17NO2. The highest BCUT2D eigenvalue weighted by atomic mass is 16.5. The van der Waals surface area contributed by atoms with Crippen LogP contribution in [0.2, 0.25) is 0 Å². The van der Waals surface area contributed by atoms with Gasteiger partial charge in [-0.3, -0.25) is 0 Å². The van der Waals surface area contributed by atoms with Gasteiger partial charge in [-0.05, 0) is 31.0 Å². The number of methoxy groups -OCH3 is 1. The quantitative estimate of drug-likeness (QED) is 0.765. The minimum atomic E-state index is 0.119. The molecule has 1 aromatic carbocycles. The van der Waals surface area contributed by atoms with Crippen molar-refractivity contribution in [1.82, 2.24) is 0 Å². The third-order valence-corrected chi connectivity index (χ3v) is 2.10. The number of ether oxygens (including phenoxy) is 2. The number of nitrogens with two attached hydrogens (primary N) is 1. The maximum Gasteiger partial charge on any atom is 0.162 e. The summed E-state index contributed by atoms with van der Waals surface area (Å²) in [4.78, 5) is 0. The summed E-state index contributed by atoms with van der Waals surface area (Å²) in [5, 5.41) is 0. The van der Waals surface area contributed by atoms with Crippen molar-refractivity contribution in [2.75, 3.05) is 13.7 Å². The van der Waals surface area contributed by atoms with E-state index in [0.717, 1.165) is 12.0 Å². The van der Waals surface area contributed by atoms with Crippen molar-refractivity contribution in [3.8, 4) is 23.8 Å². The van der Waals surface area contributed by atoms with Crippen molar-refractivity contribution in [3.05, 3.63) is 23.8 Å². The highest BCUT2D eigenvalue weighted by Crippen LogP contribution is 2.28. The van der Waals surface area contributed by atoms with E-state index in [1.54, 1.807) is 7.11 Å². The van der Waals surface area contributed by atoms with Gasteiger partial charge in [-0.1, -0.05) is 12.0 Å². The SMILES string of the molecule is C#CCOc1cc(CC(C)N)ccc1OC. The van der Waals surface area contributed by atoms with Gasteiger partial charge in [0.05, 0.1) is 7.11 Å². The predicted molar refractivity (Wildman–Crippen MR) is 64.7 cm³/mol. The van der Waals surface area contributed by atoms with E-state index < -0.39 is 0 Å². The van der Waals surface area contributed by atoms with Crippen LogP contribution in [0.5, 0.6) is 11.5 Å². The van der Waals surface area contributed by atoms with E-state index in [9.17, 15) is 0 Å². The van der Waals surface area contributed by atoms with E-state index in [1.807, 2.05) is 25.1 Å². The second kappa shape index (κ2) is 6.04. The number of rotatable bonds is 5. The van der Waals surface area contributed by atoms with Crippen molar-refractivity contribution in [3.63, 3.8) is 0 Å². The monoisotopic (exact) mass is 219 g/mol. The number of benzene rings is 1. The van der Waals surface area contributed by atoms with Crippen LogP contribution in [0.25, 0.3) is 0 Å². The maximum absolute atomic E-state index is 5.74. The maximum atomic E-state index is 5.74. The molecule has 0 bridgehead atoms.